The normalized spacial score (nSPS) is 17.5. The molecular weight excluding hydrogens is 397 g/mol. The van der Waals surface area contributed by atoms with Crippen molar-refractivity contribution in [3.05, 3.63) is 66.1 Å². The van der Waals surface area contributed by atoms with Gasteiger partial charge in [-0.1, -0.05) is 17.3 Å². The van der Waals surface area contributed by atoms with Gasteiger partial charge >= 0.3 is 0 Å². The fourth-order valence-corrected chi connectivity index (χ4v) is 4.24. The maximum atomic E-state index is 13.4. The Bertz CT molecular complexity index is 1080. The molecule has 6 nitrogen and oxygen atoms in total. The summed E-state index contributed by atoms with van der Waals surface area (Å²) in [6.07, 6.45) is 1.57. The molecule has 3 aromatic rings. The van der Waals surface area contributed by atoms with Crippen LogP contribution in [0.3, 0.4) is 0 Å². The van der Waals surface area contributed by atoms with E-state index in [0.717, 1.165) is 42.9 Å². The molecule has 0 unspecified atom stereocenters. The summed E-state index contributed by atoms with van der Waals surface area (Å²) in [4.78, 5) is 17.5. The summed E-state index contributed by atoms with van der Waals surface area (Å²) in [5.74, 6) is 1.26. The van der Waals surface area contributed by atoms with E-state index < -0.39 is 5.41 Å². The van der Waals surface area contributed by atoms with E-state index in [0.29, 0.717) is 24.5 Å². The van der Waals surface area contributed by atoms with E-state index in [9.17, 15) is 9.18 Å². The number of hydrogen-bond donors (Lipinski definition) is 0. The van der Waals surface area contributed by atoms with Crippen LogP contribution < -0.4 is 9.64 Å². The van der Waals surface area contributed by atoms with Crippen molar-refractivity contribution in [1.82, 2.24) is 10.1 Å². The maximum Gasteiger partial charge on any atom is 0.235 e. The third-order valence-corrected chi connectivity index (χ3v) is 6.27. The molecule has 0 N–H and O–H groups in total. The highest BCUT2D eigenvalue weighted by molar-refractivity contribution is 5.91. The number of carbonyl (C=O) groups excluding carboxylic acids is 1. The van der Waals surface area contributed by atoms with Gasteiger partial charge in [-0.2, -0.15) is 0 Å². The average Bonchev–Trinajstić information content (AvgIpc) is 3.48. The Morgan fingerprint density at radius 3 is 2.48 bits per heavy atom. The van der Waals surface area contributed by atoms with Crippen molar-refractivity contribution in [2.75, 3.05) is 38.2 Å². The van der Waals surface area contributed by atoms with E-state index in [4.69, 9.17) is 9.26 Å². The van der Waals surface area contributed by atoms with Crippen molar-refractivity contribution in [2.24, 2.45) is 0 Å². The molecule has 1 aliphatic heterocycles. The van der Waals surface area contributed by atoms with E-state index >= 15 is 0 Å². The lowest BCUT2D eigenvalue weighted by atomic mass is 9.99. The van der Waals surface area contributed by atoms with Crippen LogP contribution in [0.2, 0.25) is 0 Å². The molecule has 0 radical (unpaired) electrons. The highest BCUT2D eigenvalue weighted by atomic mass is 19.1. The molecule has 2 aliphatic rings. The number of halogens is 1. The molecule has 5 rings (SSSR count). The minimum Gasteiger partial charge on any atom is -0.497 e. The molecule has 0 atom stereocenters. The van der Waals surface area contributed by atoms with Gasteiger partial charge in [0.15, 0.2) is 5.76 Å². The number of ether oxygens (including phenoxy) is 1. The largest absolute Gasteiger partial charge is 0.497 e. The van der Waals surface area contributed by atoms with Gasteiger partial charge in [-0.25, -0.2) is 4.39 Å². The summed E-state index contributed by atoms with van der Waals surface area (Å²) in [6.45, 7) is 2.72. The van der Waals surface area contributed by atoms with Crippen LogP contribution in [-0.4, -0.2) is 49.3 Å². The highest BCUT2D eigenvalue weighted by Gasteiger charge is 2.55. The minimum absolute atomic E-state index is 0.122. The Morgan fingerprint density at radius 1 is 1.06 bits per heavy atom. The van der Waals surface area contributed by atoms with Crippen molar-refractivity contribution < 1.29 is 18.4 Å². The lowest BCUT2D eigenvalue weighted by Gasteiger charge is -2.37. The molecule has 2 heterocycles. The second-order valence-electron chi connectivity index (χ2n) is 8.15. The fourth-order valence-electron chi connectivity index (χ4n) is 4.24. The van der Waals surface area contributed by atoms with Gasteiger partial charge in [0.1, 0.15) is 11.6 Å². The average molecular weight is 421 g/mol. The molecule has 2 fully saturated rings. The molecule has 1 aromatic heterocycles. The second-order valence-corrected chi connectivity index (χ2v) is 8.15. The molecule has 0 bridgehead atoms. The molecule has 160 valence electrons. The molecule has 31 heavy (non-hydrogen) atoms. The number of benzene rings is 2. The second kappa shape index (κ2) is 7.72. The summed E-state index contributed by atoms with van der Waals surface area (Å²) in [6, 6.07) is 16.0. The topological polar surface area (TPSA) is 58.8 Å². The van der Waals surface area contributed by atoms with Crippen molar-refractivity contribution in [2.45, 2.75) is 18.3 Å². The number of hydrogen-bond acceptors (Lipinski definition) is 5. The van der Waals surface area contributed by atoms with Gasteiger partial charge in [0.2, 0.25) is 5.91 Å². The van der Waals surface area contributed by atoms with E-state index in [1.165, 1.54) is 12.1 Å². The standard InChI is InChI=1S/C24H24FN3O3/c1-30-20-4-2-3-17(15-20)21-16-22(26-31-21)24(9-10-24)23(29)28-13-11-27(12-14-28)19-7-5-18(25)6-8-19/h2-8,15-16H,9-14H2,1H3. The van der Waals surface area contributed by atoms with E-state index in [1.54, 1.807) is 19.2 Å². The number of piperazine rings is 1. The predicted octanol–water partition coefficient (Wildman–Crippen LogP) is 3.87. The molecule has 0 spiro atoms. The summed E-state index contributed by atoms with van der Waals surface area (Å²) in [7, 11) is 1.62. The van der Waals surface area contributed by atoms with Crippen LogP contribution in [0, 0.1) is 5.82 Å². The monoisotopic (exact) mass is 421 g/mol. The first-order valence-electron chi connectivity index (χ1n) is 10.5. The lowest BCUT2D eigenvalue weighted by molar-refractivity contribution is -0.134. The van der Waals surface area contributed by atoms with Gasteiger partial charge < -0.3 is 19.1 Å². The number of methoxy groups -OCH3 is 1. The van der Waals surface area contributed by atoms with Gasteiger partial charge in [-0.15, -0.1) is 0 Å². The summed E-state index contributed by atoms with van der Waals surface area (Å²) in [5, 5.41) is 4.26. The molecule has 1 saturated carbocycles. The first kappa shape index (κ1) is 19.6. The third-order valence-electron chi connectivity index (χ3n) is 6.27. The zero-order valence-corrected chi connectivity index (χ0v) is 17.4. The molecule has 7 heteroatoms. The van der Waals surface area contributed by atoms with Crippen LogP contribution in [0.4, 0.5) is 10.1 Å². The Morgan fingerprint density at radius 2 is 1.81 bits per heavy atom. The van der Waals surface area contributed by atoms with Gasteiger partial charge in [0.05, 0.1) is 18.2 Å². The summed E-state index contributed by atoms with van der Waals surface area (Å²) in [5.41, 5.74) is 1.98. The molecule has 1 saturated heterocycles. The molecule has 1 aliphatic carbocycles. The summed E-state index contributed by atoms with van der Waals surface area (Å²) >= 11 is 0. The van der Waals surface area contributed by atoms with Crippen molar-refractivity contribution in [3.63, 3.8) is 0 Å². The van der Waals surface area contributed by atoms with Gasteiger partial charge in [0, 0.05) is 43.5 Å². The van der Waals surface area contributed by atoms with Crippen molar-refractivity contribution >= 4 is 11.6 Å². The molecule has 1 amide bonds. The number of nitrogens with zero attached hydrogens (tertiary/aromatic N) is 3. The first-order valence-corrected chi connectivity index (χ1v) is 10.5. The number of aromatic nitrogens is 1. The van der Waals surface area contributed by atoms with Gasteiger partial charge in [-0.3, -0.25) is 4.79 Å². The van der Waals surface area contributed by atoms with Gasteiger partial charge in [-0.05, 0) is 49.2 Å². The minimum atomic E-state index is -0.571. The smallest absolute Gasteiger partial charge is 0.235 e. The Balaban J connectivity index is 1.28. The Labute approximate surface area is 180 Å². The van der Waals surface area contributed by atoms with Crippen molar-refractivity contribution in [1.29, 1.82) is 0 Å². The fraction of sp³-hybridized carbons (Fsp3) is 0.333. The van der Waals surface area contributed by atoms with Crippen LogP contribution in [0.25, 0.3) is 11.3 Å². The van der Waals surface area contributed by atoms with E-state index in [-0.39, 0.29) is 11.7 Å². The number of amides is 1. The lowest BCUT2D eigenvalue weighted by Crippen LogP contribution is -2.51. The molecular formula is C24H24FN3O3. The van der Waals surface area contributed by atoms with Crippen LogP contribution in [0.5, 0.6) is 5.75 Å². The Hall–Kier alpha value is -3.35. The zero-order chi connectivity index (χ0) is 21.4. The third kappa shape index (κ3) is 3.65. The number of anilines is 1. The maximum absolute atomic E-state index is 13.4. The van der Waals surface area contributed by atoms with Crippen molar-refractivity contribution in [3.8, 4) is 17.1 Å². The first-order chi connectivity index (χ1) is 15.1. The SMILES string of the molecule is COc1cccc(-c2cc(C3(C(=O)N4CCN(c5ccc(F)cc5)CC4)CC3)no2)c1. The Kier molecular flexibility index (Phi) is 4.88. The van der Waals surface area contributed by atoms with Crippen LogP contribution in [-0.2, 0) is 10.2 Å². The van der Waals surface area contributed by atoms with Gasteiger partial charge in [0.25, 0.3) is 0 Å². The van der Waals surface area contributed by atoms with Crippen LogP contribution >= 0.6 is 0 Å². The quantitative estimate of drug-likeness (QED) is 0.626. The van der Waals surface area contributed by atoms with Crippen LogP contribution in [0.1, 0.15) is 18.5 Å². The van der Waals surface area contributed by atoms with E-state index in [1.807, 2.05) is 35.2 Å². The molecule has 2 aromatic carbocycles. The van der Waals surface area contributed by atoms with Crippen LogP contribution in [0.15, 0.2) is 59.1 Å². The number of carbonyl (C=O) groups is 1. The number of rotatable bonds is 5. The predicted molar refractivity (Wildman–Crippen MR) is 115 cm³/mol. The zero-order valence-electron chi connectivity index (χ0n) is 17.4. The highest BCUT2D eigenvalue weighted by Crippen LogP contribution is 2.50. The van der Waals surface area contributed by atoms with E-state index in [2.05, 4.69) is 10.1 Å². The summed E-state index contributed by atoms with van der Waals surface area (Å²) < 4.78 is 24.0.